The zero-order chi connectivity index (χ0) is 18.4. The third-order valence-electron chi connectivity index (χ3n) is 3.38. The molecule has 0 atom stereocenters. The molecule has 2 rings (SSSR count). The van der Waals surface area contributed by atoms with E-state index >= 15 is 0 Å². The Morgan fingerprint density at radius 2 is 1.88 bits per heavy atom. The predicted molar refractivity (Wildman–Crippen MR) is 96.8 cm³/mol. The second-order valence-corrected chi connectivity index (χ2v) is 7.46. The number of unbranched alkanes of at least 4 members (excludes halogenated alkanes) is 1. The minimum Gasteiger partial charge on any atom is -0.324 e. The van der Waals surface area contributed by atoms with Gasteiger partial charge in [0.25, 0.3) is 10.0 Å². The Hall–Kier alpha value is -2.12. The summed E-state index contributed by atoms with van der Waals surface area (Å²) in [6.07, 6.45) is 1.88. The van der Waals surface area contributed by atoms with Gasteiger partial charge in [0.1, 0.15) is 10.7 Å². The Balaban J connectivity index is 2.30. The second-order valence-electron chi connectivity index (χ2n) is 5.38. The minimum absolute atomic E-state index is 0.109. The zero-order valence-corrected chi connectivity index (χ0v) is 15.1. The van der Waals surface area contributed by atoms with Crippen molar-refractivity contribution >= 4 is 38.9 Å². The Morgan fingerprint density at radius 3 is 2.56 bits per heavy atom. The van der Waals surface area contributed by atoms with Crippen LogP contribution in [0.5, 0.6) is 0 Å². The number of nitrogens with one attached hydrogen (secondary N) is 2. The van der Waals surface area contributed by atoms with Crippen LogP contribution in [0, 0.1) is 5.82 Å². The third-order valence-corrected chi connectivity index (χ3v) is 5.02. The number of carbonyl (C=O) groups is 1. The fourth-order valence-corrected chi connectivity index (χ4v) is 3.45. The molecule has 0 aliphatic rings. The molecule has 0 saturated heterocycles. The van der Waals surface area contributed by atoms with Gasteiger partial charge in [-0.3, -0.25) is 9.52 Å². The highest BCUT2D eigenvalue weighted by Gasteiger charge is 2.20. The molecule has 0 spiro atoms. The lowest BCUT2D eigenvalue weighted by atomic mass is 10.2. The van der Waals surface area contributed by atoms with Gasteiger partial charge in [0.2, 0.25) is 5.91 Å². The van der Waals surface area contributed by atoms with E-state index in [2.05, 4.69) is 10.0 Å². The molecule has 8 heteroatoms. The number of sulfonamides is 1. The first-order chi connectivity index (χ1) is 11.8. The SMILES string of the molecule is CCCCC(=O)Nc1cc(Cl)ccc1NS(=O)(=O)c1ccccc1F. The van der Waals surface area contributed by atoms with Gasteiger partial charge in [-0.1, -0.05) is 37.1 Å². The number of anilines is 2. The van der Waals surface area contributed by atoms with E-state index in [1.165, 1.54) is 30.3 Å². The van der Waals surface area contributed by atoms with Gasteiger partial charge in [0, 0.05) is 11.4 Å². The van der Waals surface area contributed by atoms with Gasteiger partial charge >= 0.3 is 0 Å². The second kappa shape index (κ2) is 8.31. The maximum absolute atomic E-state index is 13.8. The average molecular weight is 385 g/mol. The lowest BCUT2D eigenvalue weighted by Gasteiger charge is -2.14. The van der Waals surface area contributed by atoms with E-state index in [1.807, 2.05) is 6.92 Å². The van der Waals surface area contributed by atoms with E-state index in [0.717, 1.165) is 18.6 Å². The van der Waals surface area contributed by atoms with Crippen molar-refractivity contribution in [3.8, 4) is 0 Å². The van der Waals surface area contributed by atoms with E-state index in [9.17, 15) is 17.6 Å². The van der Waals surface area contributed by atoms with Crippen LogP contribution in [0.2, 0.25) is 5.02 Å². The summed E-state index contributed by atoms with van der Waals surface area (Å²) in [5.74, 6) is -1.12. The molecular weight excluding hydrogens is 367 g/mol. The lowest BCUT2D eigenvalue weighted by molar-refractivity contribution is -0.116. The van der Waals surface area contributed by atoms with Crippen LogP contribution in [0.1, 0.15) is 26.2 Å². The number of benzene rings is 2. The smallest absolute Gasteiger partial charge is 0.264 e. The summed E-state index contributed by atoms with van der Waals surface area (Å²) >= 11 is 5.93. The highest BCUT2D eigenvalue weighted by molar-refractivity contribution is 7.92. The summed E-state index contributed by atoms with van der Waals surface area (Å²) in [5, 5.41) is 2.96. The molecule has 134 valence electrons. The van der Waals surface area contributed by atoms with Gasteiger partial charge in [-0.05, 0) is 36.8 Å². The molecule has 0 aliphatic heterocycles. The summed E-state index contributed by atoms with van der Waals surface area (Å²) in [4.78, 5) is 11.5. The summed E-state index contributed by atoms with van der Waals surface area (Å²) in [7, 11) is -4.15. The largest absolute Gasteiger partial charge is 0.324 e. The molecule has 0 heterocycles. The van der Waals surface area contributed by atoms with Gasteiger partial charge in [-0.15, -0.1) is 0 Å². The first-order valence-corrected chi connectivity index (χ1v) is 9.56. The maximum atomic E-state index is 13.8. The van der Waals surface area contributed by atoms with Crippen molar-refractivity contribution in [3.63, 3.8) is 0 Å². The first-order valence-electron chi connectivity index (χ1n) is 7.70. The number of hydrogen-bond acceptors (Lipinski definition) is 3. The van der Waals surface area contributed by atoms with Crippen LogP contribution in [0.4, 0.5) is 15.8 Å². The Morgan fingerprint density at radius 1 is 1.16 bits per heavy atom. The molecule has 2 aromatic rings. The van der Waals surface area contributed by atoms with Crippen molar-refractivity contribution in [3.05, 3.63) is 53.3 Å². The Kier molecular flexibility index (Phi) is 6.39. The van der Waals surface area contributed by atoms with Gasteiger partial charge in [0.15, 0.2) is 0 Å². The number of amides is 1. The van der Waals surface area contributed by atoms with Crippen LogP contribution >= 0.6 is 11.6 Å². The molecular formula is C17H18ClFN2O3S. The average Bonchev–Trinajstić information content (AvgIpc) is 2.55. The standard InChI is InChI=1S/C17H18ClFN2O3S/c1-2-3-8-17(22)20-15-11-12(18)9-10-14(15)21-25(23,24)16-7-5-4-6-13(16)19/h4-7,9-11,21H,2-3,8H2,1H3,(H,20,22). The number of carbonyl (C=O) groups excluding carboxylic acids is 1. The number of hydrogen-bond donors (Lipinski definition) is 2. The van der Waals surface area contributed by atoms with Gasteiger partial charge in [-0.2, -0.15) is 0 Å². The van der Waals surface area contributed by atoms with E-state index in [0.29, 0.717) is 17.9 Å². The van der Waals surface area contributed by atoms with Crippen LogP contribution in [-0.4, -0.2) is 14.3 Å². The maximum Gasteiger partial charge on any atom is 0.264 e. The molecule has 0 aliphatic carbocycles. The van der Waals surface area contributed by atoms with Crippen molar-refractivity contribution in [2.75, 3.05) is 10.0 Å². The molecule has 2 aromatic carbocycles. The highest BCUT2D eigenvalue weighted by Crippen LogP contribution is 2.29. The van der Waals surface area contributed by atoms with Crippen molar-refractivity contribution < 1.29 is 17.6 Å². The summed E-state index contributed by atoms with van der Waals surface area (Å²) in [5.41, 5.74) is 0.325. The molecule has 0 saturated carbocycles. The molecule has 0 bridgehead atoms. The molecule has 1 amide bonds. The number of halogens is 2. The van der Waals surface area contributed by atoms with Crippen molar-refractivity contribution in [2.45, 2.75) is 31.1 Å². The number of rotatable bonds is 7. The molecule has 5 nitrogen and oxygen atoms in total. The van der Waals surface area contributed by atoms with Crippen LogP contribution in [0.25, 0.3) is 0 Å². The van der Waals surface area contributed by atoms with Crippen LogP contribution in [0.15, 0.2) is 47.4 Å². The zero-order valence-electron chi connectivity index (χ0n) is 13.6. The van der Waals surface area contributed by atoms with Crippen LogP contribution in [0.3, 0.4) is 0 Å². The third kappa shape index (κ3) is 5.17. The van der Waals surface area contributed by atoms with Crippen molar-refractivity contribution in [1.82, 2.24) is 0 Å². The molecule has 0 radical (unpaired) electrons. The molecule has 25 heavy (non-hydrogen) atoms. The van der Waals surface area contributed by atoms with E-state index in [-0.39, 0.29) is 17.3 Å². The van der Waals surface area contributed by atoms with Crippen molar-refractivity contribution in [2.24, 2.45) is 0 Å². The lowest BCUT2D eigenvalue weighted by Crippen LogP contribution is -2.17. The predicted octanol–water partition coefficient (Wildman–Crippen LogP) is 4.41. The van der Waals surface area contributed by atoms with Crippen LogP contribution in [-0.2, 0) is 14.8 Å². The summed E-state index contributed by atoms with van der Waals surface area (Å²) < 4.78 is 40.9. The molecule has 0 fully saturated rings. The fraction of sp³-hybridized carbons (Fsp3) is 0.235. The quantitative estimate of drug-likeness (QED) is 0.742. The van der Waals surface area contributed by atoms with E-state index in [4.69, 9.17) is 11.6 Å². The monoisotopic (exact) mass is 384 g/mol. The van der Waals surface area contributed by atoms with Gasteiger partial charge < -0.3 is 5.32 Å². The van der Waals surface area contributed by atoms with Gasteiger partial charge in [0.05, 0.1) is 11.4 Å². The summed E-state index contributed by atoms with van der Waals surface area (Å²) in [6, 6.07) is 9.36. The topological polar surface area (TPSA) is 75.3 Å². The molecule has 2 N–H and O–H groups in total. The normalized spacial score (nSPS) is 11.2. The van der Waals surface area contributed by atoms with Crippen molar-refractivity contribution in [1.29, 1.82) is 0 Å². The minimum atomic E-state index is -4.15. The Bertz CT molecular complexity index is 872. The highest BCUT2D eigenvalue weighted by atomic mass is 35.5. The van der Waals surface area contributed by atoms with E-state index in [1.54, 1.807) is 0 Å². The van der Waals surface area contributed by atoms with E-state index < -0.39 is 20.7 Å². The first kappa shape index (κ1) is 19.2. The van der Waals surface area contributed by atoms with Gasteiger partial charge in [-0.25, -0.2) is 12.8 Å². The molecule has 0 aromatic heterocycles. The molecule has 0 unspecified atom stereocenters. The Labute approximate surface area is 151 Å². The van der Waals surface area contributed by atoms with Crippen LogP contribution < -0.4 is 10.0 Å². The summed E-state index contributed by atoms with van der Waals surface area (Å²) in [6.45, 7) is 1.96. The fourth-order valence-electron chi connectivity index (χ4n) is 2.12.